The van der Waals surface area contributed by atoms with E-state index < -0.39 is 0 Å². The highest BCUT2D eigenvalue weighted by molar-refractivity contribution is 5.97. The number of nitrogens with two attached hydrogens (primary N) is 1. The van der Waals surface area contributed by atoms with E-state index in [1.54, 1.807) is 0 Å². The van der Waals surface area contributed by atoms with Crippen molar-refractivity contribution in [1.82, 2.24) is 0 Å². The summed E-state index contributed by atoms with van der Waals surface area (Å²) in [4.78, 5) is 13.9. The predicted molar refractivity (Wildman–Crippen MR) is 70.3 cm³/mol. The van der Waals surface area contributed by atoms with Crippen molar-refractivity contribution in [2.24, 2.45) is 5.73 Å². The monoisotopic (exact) mass is 233 g/mol. The normalized spacial score (nSPS) is 15.2. The van der Waals surface area contributed by atoms with Crippen molar-refractivity contribution in [2.45, 2.75) is 19.8 Å². The number of nitrogens with one attached hydrogen (secondary N) is 1. The van der Waals surface area contributed by atoms with Crippen LogP contribution in [0.4, 0.5) is 11.4 Å². The molecule has 0 aliphatic carbocycles. The van der Waals surface area contributed by atoms with E-state index in [4.69, 9.17) is 5.73 Å². The van der Waals surface area contributed by atoms with Crippen LogP contribution in [0.3, 0.4) is 0 Å². The Labute approximate surface area is 102 Å². The van der Waals surface area contributed by atoms with Gasteiger partial charge in [-0.05, 0) is 31.5 Å². The molecule has 0 fully saturated rings. The molecular formula is C13H19N3O. The largest absolute Gasteiger partial charge is 0.369 e. The van der Waals surface area contributed by atoms with Crippen LogP contribution in [0.5, 0.6) is 0 Å². The summed E-state index contributed by atoms with van der Waals surface area (Å²) in [5.74, 6) is 0.0933. The Morgan fingerprint density at radius 2 is 2.29 bits per heavy atom. The van der Waals surface area contributed by atoms with Crippen molar-refractivity contribution < 1.29 is 4.79 Å². The lowest BCUT2D eigenvalue weighted by molar-refractivity contribution is -0.115. The van der Waals surface area contributed by atoms with Gasteiger partial charge in [0.1, 0.15) is 0 Å². The molecule has 0 saturated heterocycles. The number of amides is 1. The van der Waals surface area contributed by atoms with Gasteiger partial charge in [-0.15, -0.1) is 0 Å². The van der Waals surface area contributed by atoms with E-state index >= 15 is 0 Å². The van der Waals surface area contributed by atoms with Crippen molar-refractivity contribution in [3.63, 3.8) is 0 Å². The van der Waals surface area contributed by atoms with Gasteiger partial charge in [0.2, 0.25) is 5.91 Å². The zero-order valence-electron chi connectivity index (χ0n) is 10.2. The molecule has 4 nitrogen and oxygen atoms in total. The summed E-state index contributed by atoms with van der Waals surface area (Å²) in [6.45, 7) is 4.37. The van der Waals surface area contributed by atoms with E-state index in [-0.39, 0.29) is 5.91 Å². The summed E-state index contributed by atoms with van der Waals surface area (Å²) in [6, 6.07) is 6.11. The maximum absolute atomic E-state index is 11.7. The Morgan fingerprint density at radius 3 is 3.06 bits per heavy atom. The highest BCUT2D eigenvalue weighted by Gasteiger charge is 2.19. The average molecular weight is 233 g/mol. The molecule has 1 amide bonds. The smallest absolute Gasteiger partial charge is 0.226 e. The first-order chi connectivity index (χ1) is 8.22. The van der Waals surface area contributed by atoms with E-state index in [1.165, 1.54) is 0 Å². The third-order valence-electron chi connectivity index (χ3n) is 3.10. The van der Waals surface area contributed by atoms with E-state index in [0.717, 1.165) is 36.4 Å². The van der Waals surface area contributed by atoms with Gasteiger partial charge in [-0.3, -0.25) is 4.79 Å². The van der Waals surface area contributed by atoms with Gasteiger partial charge in [-0.2, -0.15) is 0 Å². The molecule has 0 atom stereocenters. The number of fused-ring (bicyclic) bond motifs is 1. The van der Waals surface area contributed by atoms with Crippen LogP contribution in [0.2, 0.25) is 0 Å². The van der Waals surface area contributed by atoms with E-state index in [1.807, 2.05) is 19.1 Å². The fraction of sp³-hybridized carbons (Fsp3) is 0.462. The minimum absolute atomic E-state index is 0.0933. The van der Waals surface area contributed by atoms with Crippen LogP contribution in [-0.2, 0) is 4.79 Å². The number of carbonyl (C=O) groups excluding carboxylic acids is 1. The standard InChI is InChI=1S/C13H19N3O/c1-10-4-2-5-11-13(10)15-12(17)6-9-16(11)8-3-7-14/h2,4-5H,3,6-9,14H2,1H3,(H,15,17). The number of rotatable bonds is 3. The van der Waals surface area contributed by atoms with Gasteiger partial charge in [0.15, 0.2) is 0 Å². The molecule has 4 heteroatoms. The van der Waals surface area contributed by atoms with Gasteiger partial charge >= 0.3 is 0 Å². The molecule has 0 unspecified atom stereocenters. The van der Waals surface area contributed by atoms with Crippen LogP contribution in [0, 0.1) is 6.92 Å². The first-order valence-corrected chi connectivity index (χ1v) is 6.07. The lowest BCUT2D eigenvalue weighted by atomic mass is 10.1. The van der Waals surface area contributed by atoms with Crippen LogP contribution >= 0.6 is 0 Å². The van der Waals surface area contributed by atoms with Gasteiger partial charge in [0.25, 0.3) is 0 Å². The Morgan fingerprint density at radius 1 is 1.47 bits per heavy atom. The van der Waals surface area contributed by atoms with Gasteiger partial charge in [0, 0.05) is 19.5 Å². The Hall–Kier alpha value is -1.55. The number of anilines is 2. The van der Waals surface area contributed by atoms with E-state index in [0.29, 0.717) is 13.0 Å². The maximum Gasteiger partial charge on any atom is 0.226 e. The number of hydrogen-bond donors (Lipinski definition) is 2. The number of benzene rings is 1. The number of para-hydroxylation sites is 1. The van der Waals surface area contributed by atoms with Crippen LogP contribution in [0.25, 0.3) is 0 Å². The predicted octanol–water partition coefficient (Wildman–Crippen LogP) is 1.49. The van der Waals surface area contributed by atoms with Crippen molar-refractivity contribution in [3.8, 4) is 0 Å². The lowest BCUT2D eigenvalue weighted by Crippen LogP contribution is -2.27. The third kappa shape index (κ3) is 2.58. The highest BCUT2D eigenvalue weighted by atomic mass is 16.1. The molecule has 0 aromatic heterocycles. The zero-order chi connectivity index (χ0) is 12.3. The van der Waals surface area contributed by atoms with Crippen LogP contribution in [0.1, 0.15) is 18.4 Å². The lowest BCUT2D eigenvalue weighted by Gasteiger charge is -2.24. The average Bonchev–Trinajstić information content (AvgIpc) is 2.47. The quantitative estimate of drug-likeness (QED) is 0.831. The Balaban J connectivity index is 2.32. The second-order valence-corrected chi connectivity index (χ2v) is 4.40. The maximum atomic E-state index is 11.7. The summed E-state index contributed by atoms with van der Waals surface area (Å²) in [5.41, 5.74) is 8.73. The van der Waals surface area contributed by atoms with Crippen molar-refractivity contribution in [2.75, 3.05) is 29.9 Å². The van der Waals surface area contributed by atoms with Crippen molar-refractivity contribution in [1.29, 1.82) is 0 Å². The molecule has 1 aromatic carbocycles. The summed E-state index contributed by atoms with van der Waals surface area (Å²) < 4.78 is 0. The van der Waals surface area contributed by atoms with Gasteiger partial charge in [-0.25, -0.2) is 0 Å². The summed E-state index contributed by atoms with van der Waals surface area (Å²) in [6.07, 6.45) is 1.49. The number of aryl methyl sites for hydroxylation is 1. The molecule has 17 heavy (non-hydrogen) atoms. The Kier molecular flexibility index (Phi) is 3.64. The first-order valence-electron chi connectivity index (χ1n) is 6.07. The molecule has 0 spiro atoms. The third-order valence-corrected chi connectivity index (χ3v) is 3.10. The number of nitrogens with zero attached hydrogens (tertiary/aromatic N) is 1. The summed E-state index contributed by atoms with van der Waals surface area (Å²) in [7, 11) is 0. The van der Waals surface area contributed by atoms with E-state index in [9.17, 15) is 4.79 Å². The Bertz CT molecular complexity index is 417. The van der Waals surface area contributed by atoms with Crippen LogP contribution in [0.15, 0.2) is 18.2 Å². The van der Waals surface area contributed by atoms with Crippen molar-refractivity contribution >= 4 is 17.3 Å². The molecule has 1 heterocycles. The summed E-state index contributed by atoms with van der Waals surface area (Å²) >= 11 is 0. The van der Waals surface area contributed by atoms with Crippen LogP contribution in [-0.4, -0.2) is 25.5 Å². The van der Waals surface area contributed by atoms with Gasteiger partial charge in [-0.1, -0.05) is 12.1 Å². The zero-order valence-corrected chi connectivity index (χ0v) is 10.2. The minimum atomic E-state index is 0.0933. The van der Waals surface area contributed by atoms with Crippen molar-refractivity contribution in [3.05, 3.63) is 23.8 Å². The number of carbonyl (C=O) groups is 1. The van der Waals surface area contributed by atoms with Gasteiger partial charge in [0.05, 0.1) is 11.4 Å². The number of hydrogen-bond acceptors (Lipinski definition) is 3. The summed E-state index contributed by atoms with van der Waals surface area (Å²) in [5, 5.41) is 2.99. The molecule has 92 valence electrons. The first kappa shape index (κ1) is 11.9. The second-order valence-electron chi connectivity index (χ2n) is 4.40. The molecule has 1 aliphatic rings. The molecule has 1 aromatic rings. The highest BCUT2D eigenvalue weighted by Crippen LogP contribution is 2.31. The van der Waals surface area contributed by atoms with E-state index in [2.05, 4.69) is 16.3 Å². The fourth-order valence-corrected chi connectivity index (χ4v) is 2.15. The molecule has 0 saturated carbocycles. The topological polar surface area (TPSA) is 58.4 Å². The molecule has 0 bridgehead atoms. The molecule has 1 aliphatic heterocycles. The SMILES string of the molecule is Cc1cccc2c1NC(=O)CCN2CCCN. The van der Waals surface area contributed by atoms with Gasteiger partial charge < -0.3 is 16.0 Å². The molecule has 2 rings (SSSR count). The minimum Gasteiger partial charge on any atom is -0.369 e. The second kappa shape index (κ2) is 5.19. The molecule has 3 N–H and O–H groups in total. The van der Waals surface area contributed by atoms with Crippen LogP contribution < -0.4 is 16.0 Å². The fourth-order valence-electron chi connectivity index (χ4n) is 2.15. The molecule has 0 radical (unpaired) electrons. The molecular weight excluding hydrogens is 214 g/mol.